The fourth-order valence-electron chi connectivity index (χ4n) is 2.20. The molecule has 1 aliphatic heterocycles. The summed E-state index contributed by atoms with van der Waals surface area (Å²) in [5.74, 6) is -1.70. The third-order valence-corrected chi connectivity index (χ3v) is 3.76. The van der Waals surface area contributed by atoms with Crippen LogP contribution in [0.4, 0.5) is 0 Å². The maximum Gasteiger partial charge on any atom is 0.318 e. The van der Waals surface area contributed by atoms with Crippen LogP contribution < -0.4 is 5.32 Å². The lowest BCUT2D eigenvalue weighted by molar-refractivity contribution is -0.149. The van der Waals surface area contributed by atoms with E-state index in [1.54, 1.807) is 7.11 Å². The lowest BCUT2D eigenvalue weighted by Crippen LogP contribution is -2.28. The summed E-state index contributed by atoms with van der Waals surface area (Å²) >= 11 is 1.26. The van der Waals surface area contributed by atoms with Gasteiger partial charge in [-0.2, -0.15) is 0 Å². The van der Waals surface area contributed by atoms with Crippen LogP contribution in [0.2, 0.25) is 0 Å². The number of ether oxygens (including phenoxy) is 1. The molecule has 2 rings (SSSR count). The number of carbonyl (C=O) groups is 2. The molecule has 0 aromatic heterocycles. The molecule has 2 atom stereocenters. The van der Waals surface area contributed by atoms with Crippen LogP contribution in [0, 0.1) is 5.92 Å². The zero-order chi connectivity index (χ0) is 13.8. The topological polar surface area (TPSA) is 64.6 Å². The molecule has 1 heterocycles. The quantitative estimate of drug-likeness (QED) is 0.512. The van der Waals surface area contributed by atoms with E-state index in [4.69, 9.17) is 8.92 Å². The maximum absolute atomic E-state index is 11.7. The Morgan fingerprint density at radius 3 is 2.58 bits per heavy atom. The number of nitrogens with one attached hydrogen (secondary N) is 1. The zero-order valence-corrected chi connectivity index (χ0v) is 11.5. The number of hydrogen-bond acceptors (Lipinski definition) is 5. The number of rotatable bonds is 4. The van der Waals surface area contributed by atoms with Crippen molar-refractivity contribution in [1.82, 2.24) is 5.32 Å². The highest BCUT2D eigenvalue weighted by molar-refractivity contribution is 7.94. The van der Waals surface area contributed by atoms with E-state index in [1.807, 2.05) is 24.3 Å². The van der Waals surface area contributed by atoms with Gasteiger partial charge in [0.2, 0.25) is 5.91 Å². The van der Waals surface area contributed by atoms with Gasteiger partial charge in [-0.05, 0) is 17.7 Å². The normalized spacial score (nSPS) is 22.1. The third kappa shape index (κ3) is 2.90. The molecule has 1 N–H and O–H groups in total. The molecule has 0 aliphatic carbocycles. The maximum atomic E-state index is 11.7. The minimum Gasteiger partial charge on any atom is -0.468 e. The Morgan fingerprint density at radius 1 is 1.32 bits per heavy atom. The van der Waals surface area contributed by atoms with Crippen LogP contribution in [0.5, 0.6) is 0 Å². The highest BCUT2D eigenvalue weighted by atomic mass is 32.2. The Hall–Kier alpha value is -1.53. The molecule has 0 unspecified atom stereocenters. The fraction of sp³-hybridized carbons (Fsp3) is 0.385. The predicted octanol–water partition coefficient (Wildman–Crippen LogP) is 1.34. The van der Waals surface area contributed by atoms with Crippen LogP contribution in [0.3, 0.4) is 0 Å². The average Bonchev–Trinajstić information content (AvgIpc) is 2.81. The number of benzene rings is 1. The van der Waals surface area contributed by atoms with Gasteiger partial charge in [0.15, 0.2) is 0 Å². The van der Waals surface area contributed by atoms with Gasteiger partial charge in [0.1, 0.15) is 5.92 Å². The summed E-state index contributed by atoms with van der Waals surface area (Å²) in [6.07, 6.45) is 0. The lowest BCUT2D eigenvalue weighted by atomic mass is 9.89. The first-order valence-electron chi connectivity index (χ1n) is 5.83. The summed E-state index contributed by atoms with van der Waals surface area (Å²) in [4.78, 5) is 24.3. The number of carbonyl (C=O) groups excluding carboxylic acids is 2. The molecule has 0 saturated carbocycles. The molecular weight excluding hydrogens is 266 g/mol. The SMILES string of the molecule is COSc1ccc([C@@H]2CNC(=O)[C@H]2C(=O)OC)cc1. The minimum absolute atomic E-state index is 0.179. The summed E-state index contributed by atoms with van der Waals surface area (Å²) in [7, 11) is 2.90. The highest BCUT2D eigenvalue weighted by Crippen LogP contribution is 2.31. The van der Waals surface area contributed by atoms with Crippen LogP contribution in [0.1, 0.15) is 11.5 Å². The molecule has 1 saturated heterocycles. The first-order valence-corrected chi connectivity index (χ1v) is 6.57. The molecular formula is C13H15NO4S. The number of esters is 1. The van der Waals surface area contributed by atoms with E-state index in [0.29, 0.717) is 6.54 Å². The molecule has 1 amide bonds. The summed E-state index contributed by atoms with van der Waals surface area (Å²) in [6.45, 7) is 0.454. The molecule has 1 aliphatic rings. The summed E-state index contributed by atoms with van der Waals surface area (Å²) < 4.78 is 9.66. The standard InChI is InChI=1S/C13H15NO4S/c1-17-13(16)11-10(7-14-12(11)15)8-3-5-9(6-4-8)19-18-2/h3-6,10-11H,7H2,1-2H3,(H,14,15)/t10-,11-/m0/s1. The van der Waals surface area contributed by atoms with Crippen LogP contribution in [0.15, 0.2) is 29.2 Å². The molecule has 5 nitrogen and oxygen atoms in total. The smallest absolute Gasteiger partial charge is 0.318 e. The largest absolute Gasteiger partial charge is 0.468 e. The van der Waals surface area contributed by atoms with Gasteiger partial charge in [0.25, 0.3) is 0 Å². The second-order valence-corrected chi connectivity index (χ2v) is 5.14. The van der Waals surface area contributed by atoms with Gasteiger partial charge in [-0.1, -0.05) is 12.1 Å². The van der Waals surface area contributed by atoms with E-state index < -0.39 is 11.9 Å². The van der Waals surface area contributed by atoms with Crippen LogP contribution >= 0.6 is 12.0 Å². The van der Waals surface area contributed by atoms with Crippen molar-refractivity contribution < 1.29 is 18.5 Å². The Balaban J connectivity index is 2.20. The van der Waals surface area contributed by atoms with Crippen molar-refractivity contribution in [2.24, 2.45) is 5.92 Å². The van der Waals surface area contributed by atoms with Gasteiger partial charge in [-0.25, -0.2) is 0 Å². The van der Waals surface area contributed by atoms with Gasteiger partial charge in [0.05, 0.1) is 14.2 Å². The molecule has 1 aromatic rings. The molecule has 19 heavy (non-hydrogen) atoms. The minimum atomic E-state index is -0.758. The molecule has 0 bridgehead atoms. The third-order valence-electron chi connectivity index (χ3n) is 3.12. The van der Waals surface area contributed by atoms with Gasteiger partial charge in [0, 0.05) is 29.4 Å². The monoisotopic (exact) mass is 281 g/mol. The summed E-state index contributed by atoms with van der Waals surface area (Å²) in [5, 5.41) is 2.70. The second-order valence-electron chi connectivity index (χ2n) is 4.17. The van der Waals surface area contributed by atoms with E-state index in [-0.39, 0.29) is 11.8 Å². The number of hydrogen-bond donors (Lipinski definition) is 1. The predicted molar refractivity (Wildman–Crippen MR) is 70.6 cm³/mol. The number of methoxy groups -OCH3 is 1. The first kappa shape index (κ1) is 13.9. The average molecular weight is 281 g/mol. The van der Waals surface area contributed by atoms with Crippen molar-refractivity contribution in [1.29, 1.82) is 0 Å². The molecule has 0 spiro atoms. The van der Waals surface area contributed by atoms with E-state index in [0.717, 1.165) is 10.5 Å². The zero-order valence-electron chi connectivity index (χ0n) is 10.7. The molecule has 0 radical (unpaired) electrons. The van der Waals surface area contributed by atoms with Gasteiger partial charge >= 0.3 is 5.97 Å². The highest BCUT2D eigenvalue weighted by Gasteiger charge is 2.41. The van der Waals surface area contributed by atoms with Gasteiger partial charge in [-0.15, -0.1) is 0 Å². The second kappa shape index (κ2) is 6.08. The van der Waals surface area contributed by atoms with E-state index in [9.17, 15) is 9.59 Å². The first-order chi connectivity index (χ1) is 9.17. The van der Waals surface area contributed by atoms with Crippen LogP contribution in [0.25, 0.3) is 0 Å². The van der Waals surface area contributed by atoms with E-state index in [2.05, 4.69) is 5.32 Å². The van der Waals surface area contributed by atoms with Gasteiger partial charge < -0.3 is 14.2 Å². The Morgan fingerprint density at radius 2 is 2.00 bits per heavy atom. The Bertz CT molecular complexity index is 474. The van der Waals surface area contributed by atoms with E-state index in [1.165, 1.54) is 19.2 Å². The van der Waals surface area contributed by atoms with Crippen molar-refractivity contribution >= 4 is 23.9 Å². The molecule has 102 valence electrons. The molecule has 1 aromatic carbocycles. The fourth-order valence-corrected chi connectivity index (χ4v) is 2.64. The lowest BCUT2D eigenvalue weighted by Gasteiger charge is -2.15. The molecule has 1 fully saturated rings. The molecule has 6 heteroatoms. The van der Waals surface area contributed by atoms with Crippen molar-refractivity contribution in [3.05, 3.63) is 29.8 Å². The summed E-state index contributed by atoms with van der Waals surface area (Å²) in [5.41, 5.74) is 0.939. The van der Waals surface area contributed by atoms with Crippen LogP contribution in [-0.2, 0) is 18.5 Å². The van der Waals surface area contributed by atoms with Crippen molar-refractivity contribution in [3.8, 4) is 0 Å². The van der Waals surface area contributed by atoms with Crippen LogP contribution in [-0.4, -0.2) is 32.6 Å². The van der Waals surface area contributed by atoms with E-state index >= 15 is 0 Å². The Kier molecular flexibility index (Phi) is 4.44. The van der Waals surface area contributed by atoms with Crippen molar-refractivity contribution in [2.45, 2.75) is 10.8 Å². The van der Waals surface area contributed by atoms with Crippen molar-refractivity contribution in [3.63, 3.8) is 0 Å². The summed E-state index contributed by atoms with van der Waals surface area (Å²) in [6, 6.07) is 7.62. The Labute approximate surface area is 115 Å². The number of amides is 1. The van der Waals surface area contributed by atoms with Gasteiger partial charge in [-0.3, -0.25) is 9.59 Å². The van der Waals surface area contributed by atoms with Crippen molar-refractivity contribution in [2.75, 3.05) is 20.8 Å².